The van der Waals surface area contributed by atoms with Gasteiger partial charge >= 0.3 is 0 Å². The van der Waals surface area contributed by atoms with E-state index in [4.69, 9.17) is 16.3 Å². The molecule has 106 valence electrons. The third-order valence-corrected chi connectivity index (χ3v) is 2.98. The van der Waals surface area contributed by atoms with Crippen molar-refractivity contribution >= 4 is 17.5 Å². The van der Waals surface area contributed by atoms with E-state index in [1.807, 2.05) is 24.3 Å². The first-order valence-corrected chi connectivity index (χ1v) is 7.34. The lowest BCUT2D eigenvalue weighted by atomic mass is 10.2. The van der Waals surface area contributed by atoms with Crippen LogP contribution in [0, 0.1) is 0 Å². The van der Waals surface area contributed by atoms with Crippen molar-refractivity contribution in [2.24, 2.45) is 0 Å². The number of carbonyl (C=O) groups is 1. The Morgan fingerprint density at radius 3 is 2.63 bits per heavy atom. The highest BCUT2D eigenvalue weighted by molar-refractivity contribution is 6.17. The predicted molar refractivity (Wildman–Crippen MR) is 78.6 cm³/mol. The maximum atomic E-state index is 11.4. The first-order valence-electron chi connectivity index (χ1n) is 6.80. The monoisotopic (exact) mass is 283 g/mol. The summed E-state index contributed by atoms with van der Waals surface area (Å²) >= 11 is 5.54. The van der Waals surface area contributed by atoms with Crippen LogP contribution in [0.4, 0.5) is 0 Å². The molecule has 3 nitrogen and oxygen atoms in total. The topological polar surface area (TPSA) is 38.3 Å². The third-order valence-electron chi connectivity index (χ3n) is 2.72. The molecule has 1 aromatic rings. The fourth-order valence-electron chi connectivity index (χ4n) is 1.55. The van der Waals surface area contributed by atoms with Crippen molar-refractivity contribution in [2.45, 2.75) is 39.2 Å². The lowest BCUT2D eigenvalue weighted by Gasteiger charge is -2.07. The molecule has 0 aromatic heterocycles. The summed E-state index contributed by atoms with van der Waals surface area (Å²) in [5, 5.41) is 2.87. The molecule has 0 aliphatic rings. The minimum absolute atomic E-state index is 0.0453. The standard InChI is InChI=1S/C15H22ClNO2/c1-2-3-11-19-14-8-6-13(7-9-14)12-17-15(18)5-4-10-16/h6-9H,2-5,10-12H2,1H3,(H,17,18). The first kappa shape index (κ1) is 15.8. The van der Waals surface area contributed by atoms with Gasteiger partial charge in [0.2, 0.25) is 5.91 Å². The van der Waals surface area contributed by atoms with Crippen LogP contribution in [-0.2, 0) is 11.3 Å². The van der Waals surface area contributed by atoms with E-state index in [-0.39, 0.29) is 5.91 Å². The van der Waals surface area contributed by atoms with Gasteiger partial charge in [-0.25, -0.2) is 0 Å². The van der Waals surface area contributed by atoms with E-state index < -0.39 is 0 Å². The second-order valence-electron chi connectivity index (χ2n) is 4.42. The number of rotatable bonds is 9. The summed E-state index contributed by atoms with van der Waals surface area (Å²) in [5.74, 6) is 1.45. The second kappa shape index (κ2) is 9.68. The van der Waals surface area contributed by atoms with Crippen LogP contribution in [0.5, 0.6) is 5.75 Å². The molecule has 0 fully saturated rings. The molecular formula is C15H22ClNO2. The number of carbonyl (C=O) groups excluding carboxylic acids is 1. The van der Waals surface area contributed by atoms with Crippen molar-refractivity contribution in [3.8, 4) is 5.75 Å². The molecule has 0 spiro atoms. The van der Waals surface area contributed by atoms with E-state index in [0.717, 1.165) is 37.2 Å². The molecule has 0 aliphatic carbocycles. The molecule has 0 atom stereocenters. The Balaban J connectivity index is 2.29. The molecule has 0 bridgehead atoms. The smallest absolute Gasteiger partial charge is 0.220 e. The van der Waals surface area contributed by atoms with Crippen molar-refractivity contribution in [2.75, 3.05) is 12.5 Å². The van der Waals surface area contributed by atoms with E-state index >= 15 is 0 Å². The van der Waals surface area contributed by atoms with Crippen molar-refractivity contribution in [1.29, 1.82) is 0 Å². The van der Waals surface area contributed by atoms with Gasteiger partial charge in [0, 0.05) is 18.8 Å². The summed E-state index contributed by atoms with van der Waals surface area (Å²) in [7, 11) is 0. The van der Waals surface area contributed by atoms with Crippen molar-refractivity contribution in [1.82, 2.24) is 5.32 Å². The number of benzene rings is 1. The van der Waals surface area contributed by atoms with Gasteiger partial charge in [-0.1, -0.05) is 25.5 Å². The quantitative estimate of drug-likeness (QED) is 0.556. The van der Waals surface area contributed by atoms with Gasteiger partial charge in [-0.15, -0.1) is 11.6 Å². The minimum Gasteiger partial charge on any atom is -0.494 e. The highest BCUT2D eigenvalue weighted by Gasteiger charge is 2.01. The van der Waals surface area contributed by atoms with E-state index in [2.05, 4.69) is 12.2 Å². The zero-order valence-electron chi connectivity index (χ0n) is 11.5. The Labute approximate surface area is 120 Å². The van der Waals surface area contributed by atoms with Gasteiger partial charge in [-0.3, -0.25) is 4.79 Å². The summed E-state index contributed by atoms with van der Waals surface area (Å²) in [6.45, 7) is 3.45. The Bertz CT molecular complexity index is 365. The summed E-state index contributed by atoms with van der Waals surface area (Å²) in [5.41, 5.74) is 1.07. The van der Waals surface area contributed by atoms with E-state index in [1.165, 1.54) is 0 Å². The van der Waals surface area contributed by atoms with Gasteiger partial charge < -0.3 is 10.1 Å². The fraction of sp³-hybridized carbons (Fsp3) is 0.533. The molecule has 0 unspecified atom stereocenters. The molecule has 0 saturated carbocycles. The number of unbranched alkanes of at least 4 members (excludes halogenated alkanes) is 1. The van der Waals surface area contributed by atoms with Crippen LogP contribution < -0.4 is 10.1 Å². The number of halogens is 1. The third kappa shape index (κ3) is 7.06. The first-order chi connectivity index (χ1) is 9.26. The lowest BCUT2D eigenvalue weighted by Crippen LogP contribution is -2.22. The Kier molecular flexibility index (Phi) is 8.07. The van der Waals surface area contributed by atoms with E-state index in [1.54, 1.807) is 0 Å². The van der Waals surface area contributed by atoms with Gasteiger partial charge in [-0.05, 0) is 30.5 Å². The molecule has 0 heterocycles. The summed E-state index contributed by atoms with van der Waals surface area (Å²) < 4.78 is 5.58. The van der Waals surface area contributed by atoms with Crippen LogP contribution in [0.25, 0.3) is 0 Å². The highest BCUT2D eigenvalue weighted by atomic mass is 35.5. The number of nitrogens with one attached hydrogen (secondary N) is 1. The average molecular weight is 284 g/mol. The van der Waals surface area contributed by atoms with Crippen LogP contribution >= 0.6 is 11.6 Å². The molecule has 1 N–H and O–H groups in total. The van der Waals surface area contributed by atoms with Crippen LogP contribution in [0.15, 0.2) is 24.3 Å². The molecule has 1 amide bonds. The molecule has 0 radical (unpaired) electrons. The summed E-state index contributed by atoms with van der Waals surface area (Å²) in [6, 6.07) is 7.83. The Morgan fingerprint density at radius 2 is 2.00 bits per heavy atom. The predicted octanol–water partition coefficient (Wildman–Crippen LogP) is 3.50. The Hall–Kier alpha value is -1.22. The zero-order chi connectivity index (χ0) is 13.9. The molecule has 1 rings (SSSR count). The molecule has 0 aliphatic heterocycles. The van der Waals surface area contributed by atoms with Gasteiger partial charge in [0.25, 0.3) is 0 Å². The highest BCUT2D eigenvalue weighted by Crippen LogP contribution is 2.12. The van der Waals surface area contributed by atoms with E-state index in [9.17, 15) is 4.79 Å². The SMILES string of the molecule is CCCCOc1ccc(CNC(=O)CCCCl)cc1. The maximum absolute atomic E-state index is 11.4. The van der Waals surface area contributed by atoms with Crippen molar-refractivity contribution in [3.05, 3.63) is 29.8 Å². The number of amides is 1. The summed E-state index contributed by atoms with van der Waals surface area (Å²) in [4.78, 5) is 11.4. The second-order valence-corrected chi connectivity index (χ2v) is 4.79. The number of hydrogen-bond donors (Lipinski definition) is 1. The van der Waals surface area contributed by atoms with E-state index in [0.29, 0.717) is 18.8 Å². The van der Waals surface area contributed by atoms with Crippen LogP contribution in [0.3, 0.4) is 0 Å². The van der Waals surface area contributed by atoms with Gasteiger partial charge in [0.15, 0.2) is 0 Å². The van der Waals surface area contributed by atoms with Gasteiger partial charge in [0.05, 0.1) is 6.61 Å². The van der Waals surface area contributed by atoms with Gasteiger partial charge in [0.1, 0.15) is 5.75 Å². The summed E-state index contributed by atoms with van der Waals surface area (Å²) in [6.07, 6.45) is 3.41. The molecule has 4 heteroatoms. The average Bonchev–Trinajstić information content (AvgIpc) is 2.44. The molecular weight excluding hydrogens is 262 g/mol. The fourth-order valence-corrected chi connectivity index (χ4v) is 1.69. The molecule has 0 saturated heterocycles. The number of ether oxygens (including phenoxy) is 1. The number of hydrogen-bond acceptors (Lipinski definition) is 2. The Morgan fingerprint density at radius 1 is 1.26 bits per heavy atom. The normalized spacial score (nSPS) is 10.2. The minimum atomic E-state index is 0.0453. The largest absolute Gasteiger partial charge is 0.494 e. The molecule has 1 aromatic carbocycles. The zero-order valence-corrected chi connectivity index (χ0v) is 12.2. The van der Waals surface area contributed by atoms with Crippen molar-refractivity contribution in [3.63, 3.8) is 0 Å². The van der Waals surface area contributed by atoms with Crippen LogP contribution in [0.1, 0.15) is 38.2 Å². The van der Waals surface area contributed by atoms with Gasteiger partial charge in [-0.2, -0.15) is 0 Å². The van der Waals surface area contributed by atoms with Crippen LogP contribution in [-0.4, -0.2) is 18.4 Å². The molecule has 19 heavy (non-hydrogen) atoms. The lowest BCUT2D eigenvalue weighted by molar-refractivity contribution is -0.121. The van der Waals surface area contributed by atoms with Crippen molar-refractivity contribution < 1.29 is 9.53 Å². The number of alkyl halides is 1. The van der Waals surface area contributed by atoms with Crippen LogP contribution in [0.2, 0.25) is 0 Å². The maximum Gasteiger partial charge on any atom is 0.220 e.